The van der Waals surface area contributed by atoms with Crippen LogP contribution in [-0.4, -0.2) is 31.2 Å². The summed E-state index contributed by atoms with van der Waals surface area (Å²) in [7, 11) is 1.64. The molecule has 2 atom stereocenters. The largest absolute Gasteiger partial charge is 0.382 e. The Labute approximate surface area is 91.5 Å². The van der Waals surface area contributed by atoms with Crippen molar-refractivity contribution in [3.8, 4) is 0 Å². The second kappa shape index (κ2) is 4.94. The molecular formula is C11H22N2O2. The molecule has 88 valence electrons. The number of ether oxygens (including phenoxy) is 1. The SMILES string of the molecule is COCC(C)(C)NC(=O)C1CCC(N)C1. The van der Waals surface area contributed by atoms with Crippen LogP contribution in [0.3, 0.4) is 0 Å². The van der Waals surface area contributed by atoms with E-state index in [1.54, 1.807) is 7.11 Å². The monoisotopic (exact) mass is 214 g/mol. The number of methoxy groups -OCH3 is 1. The summed E-state index contributed by atoms with van der Waals surface area (Å²) in [4.78, 5) is 11.9. The smallest absolute Gasteiger partial charge is 0.223 e. The molecule has 0 heterocycles. The minimum atomic E-state index is -0.293. The number of hydrogen-bond acceptors (Lipinski definition) is 3. The van der Waals surface area contributed by atoms with E-state index >= 15 is 0 Å². The molecule has 0 aromatic carbocycles. The normalized spacial score (nSPS) is 26.7. The van der Waals surface area contributed by atoms with E-state index in [0.717, 1.165) is 19.3 Å². The maximum Gasteiger partial charge on any atom is 0.223 e. The summed E-state index contributed by atoms with van der Waals surface area (Å²) in [6.07, 6.45) is 2.69. The average Bonchev–Trinajstić information content (AvgIpc) is 2.50. The van der Waals surface area contributed by atoms with E-state index < -0.39 is 0 Å². The number of carbonyl (C=O) groups excluding carboxylic acids is 1. The van der Waals surface area contributed by atoms with Gasteiger partial charge in [0, 0.05) is 19.1 Å². The Kier molecular flexibility index (Phi) is 4.11. The number of nitrogens with two attached hydrogens (primary N) is 1. The molecule has 0 radical (unpaired) electrons. The van der Waals surface area contributed by atoms with Crippen molar-refractivity contribution in [1.29, 1.82) is 0 Å². The van der Waals surface area contributed by atoms with Gasteiger partial charge in [-0.15, -0.1) is 0 Å². The van der Waals surface area contributed by atoms with Crippen LogP contribution in [0.5, 0.6) is 0 Å². The topological polar surface area (TPSA) is 64.3 Å². The van der Waals surface area contributed by atoms with Gasteiger partial charge in [-0.25, -0.2) is 0 Å². The first kappa shape index (κ1) is 12.5. The fraction of sp³-hybridized carbons (Fsp3) is 0.909. The first-order valence-electron chi connectivity index (χ1n) is 5.51. The van der Waals surface area contributed by atoms with Crippen LogP contribution in [0.2, 0.25) is 0 Å². The molecule has 4 heteroatoms. The summed E-state index contributed by atoms with van der Waals surface area (Å²) < 4.78 is 5.05. The second-order valence-electron chi connectivity index (χ2n) is 5.08. The summed E-state index contributed by atoms with van der Waals surface area (Å²) in [5.74, 6) is 0.209. The highest BCUT2D eigenvalue weighted by molar-refractivity contribution is 5.79. The molecule has 1 saturated carbocycles. The van der Waals surface area contributed by atoms with Gasteiger partial charge in [0.15, 0.2) is 0 Å². The minimum Gasteiger partial charge on any atom is -0.382 e. The second-order valence-corrected chi connectivity index (χ2v) is 5.08. The van der Waals surface area contributed by atoms with Crippen molar-refractivity contribution in [3.05, 3.63) is 0 Å². The quantitative estimate of drug-likeness (QED) is 0.722. The van der Waals surface area contributed by atoms with E-state index in [0.29, 0.717) is 6.61 Å². The molecule has 0 spiro atoms. The van der Waals surface area contributed by atoms with E-state index in [-0.39, 0.29) is 23.4 Å². The predicted octanol–water partition coefficient (Wildman–Crippen LogP) is 0.655. The Hall–Kier alpha value is -0.610. The molecule has 15 heavy (non-hydrogen) atoms. The van der Waals surface area contributed by atoms with E-state index in [1.165, 1.54) is 0 Å². The van der Waals surface area contributed by atoms with Crippen LogP contribution < -0.4 is 11.1 Å². The molecular weight excluding hydrogens is 192 g/mol. The highest BCUT2D eigenvalue weighted by Gasteiger charge is 2.30. The van der Waals surface area contributed by atoms with Crippen molar-refractivity contribution in [2.75, 3.05) is 13.7 Å². The van der Waals surface area contributed by atoms with E-state index in [9.17, 15) is 4.79 Å². The summed E-state index contributed by atoms with van der Waals surface area (Å²) >= 11 is 0. The first-order valence-corrected chi connectivity index (χ1v) is 5.51. The number of rotatable bonds is 4. The number of carbonyl (C=O) groups is 1. The molecule has 0 saturated heterocycles. The van der Waals surface area contributed by atoms with Gasteiger partial charge in [0.05, 0.1) is 12.1 Å². The molecule has 0 aromatic rings. The van der Waals surface area contributed by atoms with Crippen LogP contribution in [-0.2, 0) is 9.53 Å². The number of hydrogen-bond donors (Lipinski definition) is 2. The maximum absolute atomic E-state index is 11.9. The predicted molar refractivity (Wildman–Crippen MR) is 59.4 cm³/mol. The van der Waals surface area contributed by atoms with Crippen molar-refractivity contribution in [2.24, 2.45) is 11.7 Å². The Morgan fingerprint density at radius 2 is 2.20 bits per heavy atom. The summed E-state index contributed by atoms with van der Waals surface area (Å²) in [5, 5.41) is 3.00. The molecule has 0 aliphatic heterocycles. The fourth-order valence-corrected chi connectivity index (χ4v) is 2.09. The van der Waals surface area contributed by atoms with Crippen molar-refractivity contribution in [3.63, 3.8) is 0 Å². The van der Waals surface area contributed by atoms with Gasteiger partial charge in [-0.3, -0.25) is 4.79 Å². The van der Waals surface area contributed by atoms with Crippen LogP contribution in [0.25, 0.3) is 0 Å². The van der Waals surface area contributed by atoms with Crippen LogP contribution >= 0.6 is 0 Å². The van der Waals surface area contributed by atoms with E-state index in [1.807, 2.05) is 13.8 Å². The zero-order valence-corrected chi connectivity index (χ0v) is 9.88. The van der Waals surface area contributed by atoms with Crippen molar-refractivity contribution >= 4 is 5.91 Å². The van der Waals surface area contributed by atoms with Gasteiger partial charge >= 0.3 is 0 Å². The Morgan fingerprint density at radius 3 is 2.67 bits per heavy atom. The first-order chi connectivity index (χ1) is 6.94. The third-order valence-corrected chi connectivity index (χ3v) is 2.81. The lowest BCUT2D eigenvalue weighted by molar-refractivity contribution is -0.127. The van der Waals surface area contributed by atoms with Gasteiger partial charge in [-0.1, -0.05) is 0 Å². The molecule has 1 aliphatic rings. The molecule has 3 N–H and O–H groups in total. The molecule has 1 fully saturated rings. The zero-order chi connectivity index (χ0) is 11.5. The van der Waals surface area contributed by atoms with Crippen LogP contribution in [0.15, 0.2) is 0 Å². The highest BCUT2D eigenvalue weighted by Crippen LogP contribution is 2.24. The van der Waals surface area contributed by atoms with Gasteiger partial charge in [-0.2, -0.15) is 0 Å². The lowest BCUT2D eigenvalue weighted by atomic mass is 10.0. The minimum absolute atomic E-state index is 0.0936. The molecule has 1 aliphatic carbocycles. The van der Waals surface area contributed by atoms with E-state index in [4.69, 9.17) is 10.5 Å². The van der Waals surface area contributed by atoms with Crippen LogP contribution in [0.4, 0.5) is 0 Å². The van der Waals surface area contributed by atoms with Crippen LogP contribution in [0, 0.1) is 5.92 Å². The van der Waals surface area contributed by atoms with Crippen molar-refractivity contribution < 1.29 is 9.53 Å². The Bertz CT molecular complexity index is 229. The van der Waals surface area contributed by atoms with Gasteiger partial charge in [-0.05, 0) is 33.1 Å². The summed E-state index contributed by atoms with van der Waals surface area (Å²) in [6.45, 7) is 4.45. The average molecular weight is 214 g/mol. The zero-order valence-electron chi connectivity index (χ0n) is 9.88. The third-order valence-electron chi connectivity index (χ3n) is 2.81. The van der Waals surface area contributed by atoms with Gasteiger partial charge in [0.1, 0.15) is 0 Å². The molecule has 0 aromatic heterocycles. The van der Waals surface area contributed by atoms with Crippen molar-refractivity contribution in [1.82, 2.24) is 5.32 Å². The fourth-order valence-electron chi connectivity index (χ4n) is 2.09. The van der Waals surface area contributed by atoms with Gasteiger partial charge in [0.2, 0.25) is 5.91 Å². The molecule has 0 bridgehead atoms. The summed E-state index contributed by atoms with van der Waals surface area (Å²) in [5.41, 5.74) is 5.49. The Balaban J connectivity index is 2.41. The van der Waals surface area contributed by atoms with Gasteiger partial charge < -0.3 is 15.8 Å². The molecule has 4 nitrogen and oxygen atoms in total. The van der Waals surface area contributed by atoms with E-state index in [2.05, 4.69) is 5.32 Å². The lowest BCUT2D eigenvalue weighted by Crippen LogP contribution is -2.48. The lowest BCUT2D eigenvalue weighted by Gasteiger charge is -2.27. The van der Waals surface area contributed by atoms with Crippen LogP contribution in [0.1, 0.15) is 33.1 Å². The summed E-state index contributed by atoms with van der Waals surface area (Å²) in [6, 6.07) is 0.200. The maximum atomic E-state index is 11.9. The third kappa shape index (κ3) is 3.80. The molecule has 2 unspecified atom stereocenters. The highest BCUT2D eigenvalue weighted by atomic mass is 16.5. The van der Waals surface area contributed by atoms with Gasteiger partial charge in [0.25, 0.3) is 0 Å². The molecule has 1 rings (SSSR count). The standard InChI is InChI=1S/C11H22N2O2/c1-11(2,7-15-3)13-10(14)8-4-5-9(12)6-8/h8-9H,4-7,12H2,1-3H3,(H,13,14). The number of amides is 1. The molecule has 1 amide bonds. The Morgan fingerprint density at radius 1 is 1.53 bits per heavy atom. The van der Waals surface area contributed by atoms with Crippen molar-refractivity contribution in [2.45, 2.75) is 44.7 Å². The number of nitrogens with one attached hydrogen (secondary N) is 1.